The zero-order valence-corrected chi connectivity index (χ0v) is 10.5. The normalized spacial score (nSPS) is 18.4. The lowest BCUT2D eigenvalue weighted by Crippen LogP contribution is -2.48. The molecule has 0 atom stereocenters. The van der Waals surface area contributed by atoms with E-state index < -0.39 is 17.4 Å². The highest BCUT2D eigenvalue weighted by Gasteiger charge is 2.56. The Morgan fingerprint density at radius 3 is 2.00 bits per heavy atom. The molecule has 0 spiro atoms. The van der Waals surface area contributed by atoms with E-state index in [9.17, 15) is 9.59 Å². The molecule has 0 aromatic heterocycles. The Balaban J connectivity index is 2.14. The summed E-state index contributed by atoms with van der Waals surface area (Å²) in [6.45, 7) is 0. The fraction of sp³-hybridized carbons (Fsp3) is 0.333. The first kappa shape index (κ1) is 12.1. The van der Waals surface area contributed by atoms with Crippen molar-refractivity contribution in [2.45, 2.75) is 18.8 Å². The Labute approximate surface area is 106 Å². The number of aliphatic carboxylic acids is 2. The molecule has 1 saturated carbocycles. The molecule has 4 nitrogen and oxygen atoms in total. The zero-order valence-electron chi connectivity index (χ0n) is 8.89. The van der Waals surface area contributed by atoms with Gasteiger partial charge in [0.05, 0.1) is 0 Å². The molecule has 1 aromatic rings. The van der Waals surface area contributed by atoms with Crippen molar-refractivity contribution in [1.82, 2.24) is 0 Å². The molecular formula is C12H11BrO4. The van der Waals surface area contributed by atoms with E-state index in [0.717, 1.165) is 10.0 Å². The van der Waals surface area contributed by atoms with Crippen LogP contribution in [0.15, 0.2) is 28.7 Å². The Morgan fingerprint density at radius 1 is 1.12 bits per heavy atom. The monoisotopic (exact) mass is 298 g/mol. The molecule has 1 fully saturated rings. The smallest absolute Gasteiger partial charge is 0.321 e. The predicted octanol–water partition coefficient (Wildman–Crippen LogP) is 2.48. The van der Waals surface area contributed by atoms with Crippen molar-refractivity contribution in [2.24, 2.45) is 5.41 Å². The summed E-state index contributed by atoms with van der Waals surface area (Å²) in [4.78, 5) is 22.0. The van der Waals surface area contributed by atoms with Gasteiger partial charge in [-0.25, -0.2) is 0 Å². The van der Waals surface area contributed by atoms with Crippen LogP contribution >= 0.6 is 15.9 Å². The molecule has 90 valence electrons. The Kier molecular flexibility index (Phi) is 2.95. The van der Waals surface area contributed by atoms with Crippen molar-refractivity contribution in [3.05, 3.63) is 34.3 Å². The summed E-state index contributed by atoms with van der Waals surface area (Å²) in [5.74, 6) is -2.45. The van der Waals surface area contributed by atoms with Gasteiger partial charge in [0.15, 0.2) is 5.41 Å². The Morgan fingerprint density at radius 2 is 1.59 bits per heavy atom. The maximum atomic E-state index is 11.0. The minimum absolute atomic E-state index is 0.0234. The lowest BCUT2D eigenvalue weighted by atomic mass is 9.60. The number of carboxylic acids is 2. The summed E-state index contributed by atoms with van der Waals surface area (Å²) in [5.41, 5.74) is -0.594. The summed E-state index contributed by atoms with van der Waals surface area (Å²) in [7, 11) is 0. The van der Waals surface area contributed by atoms with E-state index in [1.165, 1.54) is 0 Å². The van der Waals surface area contributed by atoms with Gasteiger partial charge in [-0.1, -0.05) is 28.1 Å². The summed E-state index contributed by atoms with van der Waals surface area (Å²) < 4.78 is 0.948. The Bertz CT molecular complexity index is 444. The van der Waals surface area contributed by atoms with Crippen LogP contribution in [0.3, 0.4) is 0 Å². The minimum Gasteiger partial charge on any atom is -0.480 e. The largest absolute Gasteiger partial charge is 0.480 e. The first-order valence-electron chi connectivity index (χ1n) is 5.18. The van der Waals surface area contributed by atoms with Crippen molar-refractivity contribution in [2.75, 3.05) is 0 Å². The van der Waals surface area contributed by atoms with Gasteiger partial charge in [0.2, 0.25) is 0 Å². The molecule has 2 N–H and O–H groups in total. The van der Waals surface area contributed by atoms with E-state index in [0.29, 0.717) is 0 Å². The molecule has 0 bridgehead atoms. The molecule has 0 aliphatic heterocycles. The van der Waals surface area contributed by atoms with E-state index in [1.54, 1.807) is 0 Å². The first-order valence-corrected chi connectivity index (χ1v) is 5.97. The van der Waals surface area contributed by atoms with Crippen LogP contribution in [-0.4, -0.2) is 22.2 Å². The van der Waals surface area contributed by atoms with Crippen molar-refractivity contribution in [1.29, 1.82) is 0 Å². The van der Waals surface area contributed by atoms with Crippen LogP contribution in [-0.2, 0) is 9.59 Å². The molecule has 0 radical (unpaired) electrons. The number of benzene rings is 1. The highest BCUT2D eigenvalue weighted by Crippen LogP contribution is 2.51. The zero-order chi connectivity index (χ0) is 12.6. The maximum Gasteiger partial charge on any atom is 0.321 e. The van der Waals surface area contributed by atoms with Crippen molar-refractivity contribution in [3.8, 4) is 0 Å². The van der Waals surface area contributed by atoms with E-state index in [-0.39, 0.29) is 18.8 Å². The van der Waals surface area contributed by atoms with Crippen LogP contribution in [0.1, 0.15) is 24.3 Å². The SMILES string of the molecule is O=C(O)C1(C(=O)O)CC(c2ccc(Br)cc2)C1. The fourth-order valence-electron chi connectivity index (χ4n) is 2.19. The fourth-order valence-corrected chi connectivity index (χ4v) is 2.46. The van der Waals surface area contributed by atoms with Crippen LogP contribution in [0.5, 0.6) is 0 Å². The van der Waals surface area contributed by atoms with Gasteiger partial charge in [0.25, 0.3) is 0 Å². The second kappa shape index (κ2) is 4.14. The van der Waals surface area contributed by atoms with Gasteiger partial charge in [-0.05, 0) is 36.5 Å². The molecule has 0 amide bonds. The molecule has 1 aliphatic rings. The number of carboxylic acid groups (broad SMARTS) is 2. The minimum atomic E-state index is -1.59. The third kappa shape index (κ3) is 1.95. The van der Waals surface area contributed by atoms with Gasteiger partial charge in [0, 0.05) is 4.47 Å². The topological polar surface area (TPSA) is 74.6 Å². The quantitative estimate of drug-likeness (QED) is 0.841. The molecule has 0 unspecified atom stereocenters. The summed E-state index contributed by atoms with van der Waals surface area (Å²) in [6, 6.07) is 7.53. The molecule has 0 heterocycles. The molecule has 2 rings (SSSR count). The van der Waals surface area contributed by atoms with Gasteiger partial charge in [-0.3, -0.25) is 9.59 Å². The van der Waals surface area contributed by atoms with E-state index in [4.69, 9.17) is 10.2 Å². The first-order chi connectivity index (χ1) is 7.95. The van der Waals surface area contributed by atoms with Crippen LogP contribution in [0.4, 0.5) is 0 Å². The number of hydrogen-bond acceptors (Lipinski definition) is 2. The van der Waals surface area contributed by atoms with Crippen molar-refractivity contribution < 1.29 is 19.8 Å². The van der Waals surface area contributed by atoms with Crippen molar-refractivity contribution >= 4 is 27.9 Å². The molecular weight excluding hydrogens is 288 g/mol. The van der Waals surface area contributed by atoms with E-state index >= 15 is 0 Å². The lowest BCUT2D eigenvalue weighted by Gasteiger charge is -2.41. The van der Waals surface area contributed by atoms with Crippen molar-refractivity contribution in [3.63, 3.8) is 0 Å². The molecule has 17 heavy (non-hydrogen) atoms. The highest BCUT2D eigenvalue weighted by atomic mass is 79.9. The summed E-state index contributed by atoms with van der Waals surface area (Å²) in [5, 5.41) is 17.9. The average Bonchev–Trinajstić information content (AvgIpc) is 2.18. The number of carbonyl (C=O) groups is 2. The van der Waals surface area contributed by atoms with Crippen LogP contribution in [0.2, 0.25) is 0 Å². The standard InChI is InChI=1S/C12H11BrO4/c13-9-3-1-7(2-4-9)8-5-12(6-8,10(14)15)11(16)17/h1-4,8H,5-6H2,(H,14,15)(H,16,17). The van der Waals surface area contributed by atoms with Crippen LogP contribution in [0, 0.1) is 5.41 Å². The predicted molar refractivity (Wildman–Crippen MR) is 63.8 cm³/mol. The van der Waals surface area contributed by atoms with E-state index in [1.807, 2.05) is 24.3 Å². The number of hydrogen-bond donors (Lipinski definition) is 2. The third-order valence-electron chi connectivity index (χ3n) is 3.35. The molecule has 1 aliphatic carbocycles. The van der Waals surface area contributed by atoms with Gasteiger partial charge in [0.1, 0.15) is 0 Å². The number of halogens is 1. The van der Waals surface area contributed by atoms with Crippen LogP contribution < -0.4 is 0 Å². The van der Waals surface area contributed by atoms with Crippen LogP contribution in [0.25, 0.3) is 0 Å². The lowest BCUT2D eigenvalue weighted by molar-refractivity contribution is -0.172. The second-order valence-electron chi connectivity index (χ2n) is 4.35. The maximum absolute atomic E-state index is 11.0. The van der Waals surface area contributed by atoms with E-state index in [2.05, 4.69) is 15.9 Å². The third-order valence-corrected chi connectivity index (χ3v) is 3.88. The Hall–Kier alpha value is -1.36. The summed E-state index contributed by atoms with van der Waals surface area (Å²) >= 11 is 3.32. The second-order valence-corrected chi connectivity index (χ2v) is 5.26. The van der Waals surface area contributed by atoms with Gasteiger partial charge in [-0.15, -0.1) is 0 Å². The van der Waals surface area contributed by atoms with Gasteiger partial charge in [-0.2, -0.15) is 0 Å². The summed E-state index contributed by atoms with van der Waals surface area (Å²) in [6.07, 6.45) is 0.332. The van der Waals surface area contributed by atoms with Gasteiger partial charge < -0.3 is 10.2 Å². The molecule has 5 heteroatoms. The molecule has 0 saturated heterocycles. The highest BCUT2D eigenvalue weighted by molar-refractivity contribution is 9.10. The van der Waals surface area contributed by atoms with Gasteiger partial charge >= 0.3 is 11.9 Å². The average molecular weight is 299 g/mol. The molecule has 1 aromatic carbocycles. The number of rotatable bonds is 3.